The van der Waals surface area contributed by atoms with E-state index < -0.39 is 22.4 Å². The van der Waals surface area contributed by atoms with Gasteiger partial charge in [0.25, 0.3) is 5.69 Å². The van der Waals surface area contributed by atoms with Crippen LogP contribution in [0.3, 0.4) is 0 Å². The van der Waals surface area contributed by atoms with Crippen LogP contribution in [0.4, 0.5) is 24.5 Å². The van der Waals surface area contributed by atoms with Gasteiger partial charge in [-0.1, -0.05) is 12.1 Å². The molecule has 2 aromatic carbocycles. The van der Waals surface area contributed by atoms with Crippen molar-refractivity contribution in [3.05, 3.63) is 63.7 Å². The van der Waals surface area contributed by atoms with Crippen LogP contribution in [0.15, 0.2) is 42.5 Å². The van der Waals surface area contributed by atoms with E-state index >= 15 is 0 Å². The first-order chi connectivity index (χ1) is 16.7. The number of anilines is 1. The second kappa shape index (κ2) is 11.8. The SMILES string of the molecule is COc1ccc(C(CNC(=O)CCNc2ccc(C(F)(F)F)cc2[N+](=O)[O-])N2CCOCC2)cc1. The summed E-state index contributed by atoms with van der Waals surface area (Å²) in [5.74, 6) is 0.431. The highest BCUT2D eigenvalue weighted by molar-refractivity contribution is 5.76. The highest BCUT2D eigenvalue weighted by Crippen LogP contribution is 2.35. The predicted molar refractivity (Wildman–Crippen MR) is 122 cm³/mol. The largest absolute Gasteiger partial charge is 0.497 e. The fraction of sp³-hybridized carbons (Fsp3) is 0.435. The minimum Gasteiger partial charge on any atom is -0.497 e. The first kappa shape index (κ1) is 26.2. The summed E-state index contributed by atoms with van der Waals surface area (Å²) in [4.78, 5) is 25.0. The Kier molecular flexibility index (Phi) is 8.88. The molecule has 2 N–H and O–H groups in total. The topological polar surface area (TPSA) is 106 Å². The molecule has 1 atom stereocenters. The van der Waals surface area contributed by atoms with Crippen molar-refractivity contribution in [1.82, 2.24) is 10.2 Å². The minimum absolute atomic E-state index is 0.0167. The molecule has 0 aliphatic carbocycles. The molecule has 1 fully saturated rings. The molecule has 1 aliphatic heterocycles. The number of ether oxygens (including phenoxy) is 2. The monoisotopic (exact) mass is 496 g/mol. The lowest BCUT2D eigenvalue weighted by atomic mass is 10.0. The van der Waals surface area contributed by atoms with Crippen LogP contribution in [0.1, 0.15) is 23.6 Å². The Labute approximate surface area is 200 Å². The maximum absolute atomic E-state index is 12.9. The standard InChI is InChI=1S/C23H27F3N4O5/c1-34-18-5-2-16(3-6-18)21(29-10-12-35-13-11-29)15-28-22(31)8-9-27-19-7-4-17(23(24,25)26)14-20(19)30(32)33/h2-7,14,21,27H,8-13,15H2,1H3,(H,28,31). The predicted octanol–water partition coefficient (Wildman–Crippen LogP) is 3.61. The van der Waals surface area contributed by atoms with Crippen LogP contribution in [-0.4, -0.2) is 62.2 Å². The van der Waals surface area contributed by atoms with Crippen molar-refractivity contribution in [2.75, 3.05) is 51.8 Å². The summed E-state index contributed by atoms with van der Waals surface area (Å²) in [5, 5.41) is 16.8. The smallest absolute Gasteiger partial charge is 0.416 e. The third-order valence-corrected chi connectivity index (χ3v) is 5.67. The molecule has 1 amide bonds. The van der Waals surface area contributed by atoms with E-state index in [1.807, 2.05) is 24.3 Å². The summed E-state index contributed by atoms with van der Waals surface area (Å²) < 4.78 is 49.2. The Hall–Kier alpha value is -3.38. The van der Waals surface area contributed by atoms with Crippen molar-refractivity contribution in [3.8, 4) is 5.75 Å². The summed E-state index contributed by atoms with van der Waals surface area (Å²) in [6.45, 7) is 2.97. The lowest BCUT2D eigenvalue weighted by Gasteiger charge is -2.35. The zero-order chi connectivity index (χ0) is 25.4. The number of nitro benzene ring substituents is 1. The Morgan fingerprint density at radius 1 is 1.20 bits per heavy atom. The average molecular weight is 496 g/mol. The van der Waals surface area contributed by atoms with E-state index in [1.165, 1.54) is 0 Å². The van der Waals surface area contributed by atoms with Gasteiger partial charge in [0.05, 0.1) is 36.9 Å². The quantitative estimate of drug-likeness (QED) is 0.382. The van der Waals surface area contributed by atoms with E-state index in [-0.39, 0.29) is 30.6 Å². The minimum atomic E-state index is -4.69. The van der Waals surface area contributed by atoms with E-state index in [2.05, 4.69) is 15.5 Å². The van der Waals surface area contributed by atoms with E-state index in [4.69, 9.17) is 9.47 Å². The van der Waals surface area contributed by atoms with Gasteiger partial charge in [-0.3, -0.25) is 19.8 Å². The van der Waals surface area contributed by atoms with Crippen molar-refractivity contribution >= 4 is 17.3 Å². The molecule has 12 heteroatoms. The Morgan fingerprint density at radius 3 is 2.49 bits per heavy atom. The van der Waals surface area contributed by atoms with Gasteiger partial charge < -0.3 is 20.1 Å². The number of hydrogen-bond donors (Lipinski definition) is 2. The fourth-order valence-electron chi connectivity index (χ4n) is 3.79. The summed E-state index contributed by atoms with van der Waals surface area (Å²) in [6, 6.07) is 9.74. The molecule has 2 aromatic rings. The Morgan fingerprint density at radius 2 is 1.89 bits per heavy atom. The number of benzene rings is 2. The van der Waals surface area contributed by atoms with E-state index in [0.29, 0.717) is 38.9 Å². The second-order valence-electron chi connectivity index (χ2n) is 7.90. The molecule has 0 radical (unpaired) electrons. The first-order valence-corrected chi connectivity index (χ1v) is 11.0. The zero-order valence-electron chi connectivity index (χ0n) is 19.1. The van der Waals surface area contributed by atoms with Crippen molar-refractivity contribution in [2.45, 2.75) is 18.6 Å². The van der Waals surface area contributed by atoms with Crippen molar-refractivity contribution in [1.29, 1.82) is 0 Å². The van der Waals surface area contributed by atoms with Crippen LogP contribution >= 0.6 is 0 Å². The van der Waals surface area contributed by atoms with Gasteiger partial charge in [-0.2, -0.15) is 13.2 Å². The molecule has 190 valence electrons. The summed E-state index contributed by atoms with van der Waals surface area (Å²) in [7, 11) is 1.59. The molecule has 35 heavy (non-hydrogen) atoms. The number of hydrogen-bond acceptors (Lipinski definition) is 7. The van der Waals surface area contributed by atoms with Crippen LogP contribution in [0.2, 0.25) is 0 Å². The highest BCUT2D eigenvalue weighted by atomic mass is 19.4. The van der Waals surface area contributed by atoms with Crippen molar-refractivity contribution in [3.63, 3.8) is 0 Å². The lowest BCUT2D eigenvalue weighted by Crippen LogP contribution is -2.44. The van der Waals surface area contributed by atoms with Crippen molar-refractivity contribution < 1.29 is 32.4 Å². The van der Waals surface area contributed by atoms with Gasteiger partial charge in [0.1, 0.15) is 11.4 Å². The number of nitro groups is 1. The molecule has 0 saturated carbocycles. The van der Waals surface area contributed by atoms with E-state index in [0.717, 1.165) is 23.4 Å². The Bertz CT molecular complexity index is 1010. The molecule has 1 saturated heterocycles. The number of halogens is 3. The van der Waals surface area contributed by atoms with Gasteiger partial charge in [-0.25, -0.2) is 0 Å². The van der Waals surface area contributed by atoms with Crippen LogP contribution in [-0.2, 0) is 15.7 Å². The van der Waals surface area contributed by atoms with Gasteiger partial charge in [0.15, 0.2) is 0 Å². The molecule has 1 heterocycles. The molecule has 9 nitrogen and oxygen atoms in total. The third-order valence-electron chi connectivity index (χ3n) is 5.67. The average Bonchev–Trinajstić information content (AvgIpc) is 2.84. The van der Waals surface area contributed by atoms with Crippen molar-refractivity contribution in [2.24, 2.45) is 0 Å². The maximum Gasteiger partial charge on any atom is 0.416 e. The third kappa shape index (κ3) is 7.30. The fourth-order valence-corrected chi connectivity index (χ4v) is 3.79. The number of nitrogens with zero attached hydrogens (tertiary/aromatic N) is 2. The molecule has 3 rings (SSSR count). The molecule has 0 aromatic heterocycles. The molecular weight excluding hydrogens is 469 g/mol. The van der Waals surface area contributed by atoms with Crippen LogP contribution in [0.5, 0.6) is 5.75 Å². The maximum atomic E-state index is 12.9. The normalized spacial score (nSPS) is 15.3. The van der Waals surface area contributed by atoms with Gasteiger partial charge >= 0.3 is 6.18 Å². The summed E-state index contributed by atoms with van der Waals surface area (Å²) >= 11 is 0. The van der Waals surface area contributed by atoms with Crippen LogP contribution < -0.4 is 15.4 Å². The molecule has 1 aliphatic rings. The second-order valence-corrected chi connectivity index (χ2v) is 7.90. The van der Waals surface area contributed by atoms with Crippen LogP contribution in [0, 0.1) is 10.1 Å². The number of carbonyl (C=O) groups is 1. The van der Waals surface area contributed by atoms with Gasteiger partial charge in [-0.05, 0) is 29.8 Å². The lowest BCUT2D eigenvalue weighted by molar-refractivity contribution is -0.384. The zero-order valence-corrected chi connectivity index (χ0v) is 19.1. The molecule has 0 spiro atoms. The number of rotatable bonds is 10. The number of methoxy groups -OCH3 is 1. The van der Waals surface area contributed by atoms with Gasteiger partial charge in [-0.15, -0.1) is 0 Å². The summed E-state index contributed by atoms with van der Waals surface area (Å²) in [6.07, 6.45) is -4.71. The number of amides is 1. The number of morpholine rings is 1. The molecular formula is C23H27F3N4O5. The molecule has 0 bridgehead atoms. The molecule has 1 unspecified atom stereocenters. The number of nitrogens with one attached hydrogen (secondary N) is 2. The van der Waals surface area contributed by atoms with Gasteiger partial charge in [0.2, 0.25) is 5.91 Å². The van der Waals surface area contributed by atoms with E-state index in [1.54, 1.807) is 7.11 Å². The first-order valence-electron chi connectivity index (χ1n) is 11.0. The number of carbonyl (C=O) groups excluding carboxylic acids is 1. The van der Waals surface area contributed by atoms with Crippen LogP contribution in [0.25, 0.3) is 0 Å². The number of alkyl halides is 3. The Balaban J connectivity index is 1.58. The van der Waals surface area contributed by atoms with E-state index in [9.17, 15) is 28.1 Å². The summed E-state index contributed by atoms with van der Waals surface area (Å²) in [5.41, 5.74) is -0.890. The van der Waals surface area contributed by atoms with Gasteiger partial charge in [0, 0.05) is 38.7 Å². The highest BCUT2D eigenvalue weighted by Gasteiger charge is 2.33.